The van der Waals surface area contributed by atoms with Crippen LogP contribution < -0.4 is 5.32 Å². The van der Waals surface area contributed by atoms with Crippen molar-refractivity contribution < 1.29 is 23.9 Å². The summed E-state index contributed by atoms with van der Waals surface area (Å²) in [5.41, 5.74) is 0.659. The number of amidine groups is 1. The van der Waals surface area contributed by atoms with Gasteiger partial charge in [0.05, 0.1) is 5.56 Å². The van der Waals surface area contributed by atoms with E-state index in [0.29, 0.717) is 23.9 Å². The molecule has 0 radical (unpaired) electrons. The van der Waals surface area contributed by atoms with Crippen molar-refractivity contribution in [3.8, 4) is 0 Å². The van der Waals surface area contributed by atoms with Crippen molar-refractivity contribution >= 4 is 46.3 Å². The van der Waals surface area contributed by atoms with Crippen LogP contribution in [0.3, 0.4) is 0 Å². The molecule has 0 spiro atoms. The molecule has 1 aromatic rings. The smallest absolute Gasteiger partial charge is 0.338 e. The molecule has 0 saturated carbocycles. The van der Waals surface area contributed by atoms with Gasteiger partial charge in [-0.05, 0) is 57.2 Å². The van der Waals surface area contributed by atoms with E-state index in [9.17, 15) is 19.2 Å². The molecule has 34 heavy (non-hydrogen) atoms. The molecule has 10 heteroatoms. The number of piperidine rings is 1. The standard InChI is InChI=1S/C24H30N4O5S/c1-16(22(31)27-10-5-6-11-27)33-23(32)17-8-7-9-18(14-17)25-20(29)15-19-21(30)26-24(34-19)28-12-3-2-4-13-28/h7-9,14,16,19H,2-6,10-13,15H2,1H3,(H,25,29). The number of hydrogen-bond donors (Lipinski definition) is 1. The monoisotopic (exact) mass is 486 g/mol. The summed E-state index contributed by atoms with van der Waals surface area (Å²) in [6.45, 7) is 4.73. The van der Waals surface area contributed by atoms with Gasteiger partial charge in [-0.3, -0.25) is 14.4 Å². The lowest BCUT2D eigenvalue weighted by molar-refractivity contribution is -0.138. The maximum Gasteiger partial charge on any atom is 0.338 e. The second kappa shape index (κ2) is 11.0. The number of aliphatic imine (C=N–C) groups is 1. The number of likely N-dealkylation sites (tertiary alicyclic amines) is 2. The van der Waals surface area contributed by atoms with Crippen molar-refractivity contribution in [1.82, 2.24) is 9.80 Å². The van der Waals surface area contributed by atoms with Crippen LogP contribution in [0.25, 0.3) is 0 Å². The largest absolute Gasteiger partial charge is 0.449 e. The van der Waals surface area contributed by atoms with Crippen LogP contribution in [0, 0.1) is 0 Å². The summed E-state index contributed by atoms with van der Waals surface area (Å²) in [7, 11) is 0. The quantitative estimate of drug-likeness (QED) is 0.616. The Morgan fingerprint density at radius 1 is 1.12 bits per heavy atom. The fourth-order valence-electron chi connectivity index (χ4n) is 4.31. The van der Waals surface area contributed by atoms with Gasteiger partial charge in [0.15, 0.2) is 11.3 Å². The van der Waals surface area contributed by atoms with Crippen LogP contribution in [0.15, 0.2) is 29.3 Å². The lowest BCUT2D eigenvalue weighted by Gasteiger charge is -2.27. The lowest BCUT2D eigenvalue weighted by Crippen LogP contribution is -2.38. The van der Waals surface area contributed by atoms with Gasteiger partial charge in [0, 0.05) is 38.3 Å². The van der Waals surface area contributed by atoms with E-state index in [0.717, 1.165) is 38.8 Å². The fourth-order valence-corrected chi connectivity index (χ4v) is 5.42. The number of anilines is 1. The van der Waals surface area contributed by atoms with Crippen molar-refractivity contribution in [3.05, 3.63) is 29.8 Å². The maximum absolute atomic E-state index is 12.6. The average Bonchev–Trinajstić information content (AvgIpc) is 3.50. The van der Waals surface area contributed by atoms with E-state index in [1.165, 1.54) is 24.2 Å². The zero-order chi connectivity index (χ0) is 24.1. The van der Waals surface area contributed by atoms with Gasteiger partial charge < -0.3 is 19.9 Å². The Morgan fingerprint density at radius 2 is 1.82 bits per heavy atom. The number of esters is 1. The summed E-state index contributed by atoms with van der Waals surface area (Å²) >= 11 is 1.35. The van der Waals surface area contributed by atoms with Crippen molar-refractivity contribution in [1.29, 1.82) is 0 Å². The Labute approximate surface area is 203 Å². The highest BCUT2D eigenvalue weighted by Crippen LogP contribution is 2.29. The number of nitrogens with zero attached hydrogens (tertiary/aromatic N) is 3. The third-order valence-electron chi connectivity index (χ3n) is 6.16. The highest BCUT2D eigenvalue weighted by atomic mass is 32.2. The fraction of sp³-hybridized carbons (Fsp3) is 0.542. The molecule has 4 rings (SSSR count). The minimum Gasteiger partial charge on any atom is -0.449 e. The number of carbonyl (C=O) groups is 4. The van der Waals surface area contributed by atoms with E-state index in [1.807, 2.05) is 0 Å². The number of hydrogen-bond acceptors (Lipinski definition) is 7. The first-order valence-electron chi connectivity index (χ1n) is 11.8. The molecular formula is C24H30N4O5S. The highest BCUT2D eigenvalue weighted by Gasteiger charge is 2.33. The van der Waals surface area contributed by atoms with Crippen molar-refractivity contribution in [2.45, 2.75) is 56.8 Å². The van der Waals surface area contributed by atoms with Gasteiger partial charge in [-0.1, -0.05) is 17.8 Å². The van der Waals surface area contributed by atoms with Gasteiger partial charge in [0.1, 0.15) is 5.25 Å². The summed E-state index contributed by atoms with van der Waals surface area (Å²) < 4.78 is 5.35. The number of rotatable bonds is 6. The summed E-state index contributed by atoms with van der Waals surface area (Å²) in [6, 6.07) is 6.37. The molecule has 3 amide bonds. The number of ether oxygens (including phenoxy) is 1. The Bertz CT molecular complexity index is 985. The first-order chi connectivity index (χ1) is 16.4. The van der Waals surface area contributed by atoms with E-state index in [1.54, 1.807) is 30.0 Å². The van der Waals surface area contributed by atoms with E-state index in [-0.39, 0.29) is 29.7 Å². The van der Waals surface area contributed by atoms with Crippen LogP contribution in [-0.4, -0.2) is 76.2 Å². The van der Waals surface area contributed by atoms with Gasteiger partial charge in [-0.25, -0.2) is 4.79 Å². The molecule has 9 nitrogen and oxygen atoms in total. The van der Waals surface area contributed by atoms with Crippen LogP contribution in [0.5, 0.6) is 0 Å². The molecule has 2 atom stereocenters. The number of nitrogens with one attached hydrogen (secondary N) is 1. The summed E-state index contributed by atoms with van der Waals surface area (Å²) in [4.78, 5) is 57.8. The molecular weight excluding hydrogens is 456 g/mol. The molecule has 0 bridgehead atoms. The molecule has 3 aliphatic rings. The van der Waals surface area contributed by atoms with Crippen molar-refractivity contribution in [2.24, 2.45) is 4.99 Å². The molecule has 3 heterocycles. The predicted octanol–water partition coefficient (Wildman–Crippen LogP) is 2.67. The third kappa shape index (κ3) is 5.97. The topological polar surface area (TPSA) is 108 Å². The molecule has 3 aliphatic heterocycles. The summed E-state index contributed by atoms with van der Waals surface area (Å²) in [6.07, 6.45) is 4.42. The summed E-state index contributed by atoms with van der Waals surface area (Å²) in [5.74, 6) is -1.43. The van der Waals surface area contributed by atoms with Crippen molar-refractivity contribution in [2.75, 3.05) is 31.5 Å². The Hall–Kier alpha value is -2.88. The number of benzene rings is 1. The molecule has 2 fully saturated rings. The first-order valence-corrected chi connectivity index (χ1v) is 12.7. The van der Waals surface area contributed by atoms with Crippen LogP contribution in [0.4, 0.5) is 5.69 Å². The normalized spacial score (nSPS) is 21.3. The van der Waals surface area contributed by atoms with Gasteiger partial charge in [0.2, 0.25) is 5.91 Å². The van der Waals surface area contributed by atoms with Crippen LogP contribution in [0.2, 0.25) is 0 Å². The van der Waals surface area contributed by atoms with Gasteiger partial charge in [-0.2, -0.15) is 4.99 Å². The second-order valence-electron chi connectivity index (χ2n) is 8.80. The molecule has 1 N–H and O–H groups in total. The van der Waals surface area contributed by atoms with Crippen LogP contribution in [-0.2, 0) is 19.1 Å². The van der Waals surface area contributed by atoms with Gasteiger partial charge in [-0.15, -0.1) is 0 Å². The average molecular weight is 487 g/mol. The van der Waals surface area contributed by atoms with E-state index >= 15 is 0 Å². The number of carbonyl (C=O) groups excluding carboxylic acids is 4. The molecule has 2 saturated heterocycles. The van der Waals surface area contributed by atoms with Crippen molar-refractivity contribution in [3.63, 3.8) is 0 Å². The lowest BCUT2D eigenvalue weighted by atomic mass is 10.1. The third-order valence-corrected chi connectivity index (χ3v) is 7.37. The Kier molecular flexibility index (Phi) is 7.87. The molecule has 1 aromatic carbocycles. The predicted molar refractivity (Wildman–Crippen MR) is 130 cm³/mol. The molecule has 0 aromatic heterocycles. The van der Waals surface area contributed by atoms with Gasteiger partial charge >= 0.3 is 5.97 Å². The minimum absolute atomic E-state index is 0.000382. The van der Waals surface area contributed by atoms with E-state index in [2.05, 4.69) is 15.2 Å². The van der Waals surface area contributed by atoms with E-state index in [4.69, 9.17) is 4.74 Å². The first kappa shape index (κ1) is 24.3. The SMILES string of the molecule is CC(OC(=O)c1cccc(NC(=O)CC2SC(N3CCCCC3)=NC2=O)c1)C(=O)N1CCCC1. The number of amides is 3. The highest BCUT2D eigenvalue weighted by molar-refractivity contribution is 8.15. The second-order valence-corrected chi connectivity index (χ2v) is 9.97. The zero-order valence-corrected chi connectivity index (χ0v) is 20.1. The molecule has 2 unspecified atom stereocenters. The molecule has 0 aliphatic carbocycles. The Balaban J connectivity index is 1.29. The summed E-state index contributed by atoms with van der Waals surface area (Å²) in [5, 5.41) is 2.92. The van der Waals surface area contributed by atoms with Gasteiger partial charge in [0.25, 0.3) is 11.8 Å². The van der Waals surface area contributed by atoms with Crippen LogP contribution >= 0.6 is 11.8 Å². The number of thioether (sulfide) groups is 1. The Morgan fingerprint density at radius 3 is 2.56 bits per heavy atom. The van der Waals surface area contributed by atoms with Crippen LogP contribution in [0.1, 0.15) is 55.8 Å². The van der Waals surface area contributed by atoms with E-state index < -0.39 is 17.3 Å². The minimum atomic E-state index is -0.872. The zero-order valence-electron chi connectivity index (χ0n) is 19.3. The maximum atomic E-state index is 12.6. The molecule has 182 valence electrons.